The maximum Gasteiger partial charge on any atom is 0.0409 e. The second-order valence-corrected chi connectivity index (χ2v) is 5.53. The Morgan fingerprint density at radius 3 is 2.45 bits per heavy atom. The van der Waals surface area contributed by atoms with Gasteiger partial charge in [0.15, 0.2) is 0 Å². The third kappa shape index (κ3) is 3.30. The third-order valence-corrected chi connectivity index (χ3v) is 3.93. The van der Waals surface area contributed by atoms with Gasteiger partial charge >= 0.3 is 0 Å². The summed E-state index contributed by atoms with van der Waals surface area (Å²) in [5.41, 5.74) is 2.55. The lowest BCUT2D eigenvalue weighted by molar-refractivity contribution is 0.250. The molecule has 104 valence electrons. The molecule has 0 amide bonds. The zero-order valence-electron chi connectivity index (χ0n) is 11.4. The van der Waals surface area contributed by atoms with Crippen LogP contribution in [0.2, 0.25) is 5.02 Å². The van der Waals surface area contributed by atoms with Gasteiger partial charge in [0.1, 0.15) is 0 Å². The molecule has 3 nitrogen and oxygen atoms in total. The Morgan fingerprint density at radius 2 is 1.75 bits per heavy atom. The van der Waals surface area contributed by atoms with Crippen molar-refractivity contribution in [2.24, 2.45) is 0 Å². The molecule has 1 fully saturated rings. The van der Waals surface area contributed by atoms with Gasteiger partial charge in [0.25, 0.3) is 0 Å². The molecule has 4 heteroatoms. The second-order valence-electron chi connectivity index (χ2n) is 5.10. The number of aromatic nitrogens is 1. The normalized spacial score (nSPS) is 16.4. The van der Waals surface area contributed by atoms with Crippen LogP contribution in [0.5, 0.6) is 0 Å². The fraction of sp³-hybridized carbons (Fsp3) is 0.312. The summed E-state index contributed by atoms with van der Waals surface area (Å²) in [7, 11) is 0. The van der Waals surface area contributed by atoms with E-state index in [1.54, 1.807) is 0 Å². The minimum absolute atomic E-state index is 0.818. The number of rotatable bonds is 3. The molecule has 1 aromatic heterocycles. The van der Waals surface area contributed by atoms with Crippen molar-refractivity contribution in [2.45, 2.75) is 6.54 Å². The molecule has 0 bridgehead atoms. The summed E-state index contributed by atoms with van der Waals surface area (Å²) in [5.74, 6) is 0. The van der Waals surface area contributed by atoms with Crippen LogP contribution in [-0.4, -0.2) is 36.1 Å². The van der Waals surface area contributed by atoms with Crippen LogP contribution >= 0.6 is 11.6 Å². The summed E-state index contributed by atoms with van der Waals surface area (Å²) in [6.45, 7) is 5.25. The quantitative estimate of drug-likeness (QED) is 0.865. The molecule has 0 atom stereocenters. The SMILES string of the molecule is Clc1cccc(CN2CCN(c3ccncc3)CC2)c1. The average Bonchev–Trinajstić information content (AvgIpc) is 2.49. The molecular formula is C16H18ClN3. The molecule has 0 radical (unpaired) electrons. The minimum Gasteiger partial charge on any atom is -0.369 e. The second kappa shape index (κ2) is 6.25. The smallest absolute Gasteiger partial charge is 0.0409 e. The summed E-state index contributed by atoms with van der Waals surface area (Å²) in [4.78, 5) is 8.96. The lowest BCUT2D eigenvalue weighted by Gasteiger charge is -2.36. The van der Waals surface area contributed by atoms with Gasteiger partial charge in [-0.05, 0) is 29.8 Å². The van der Waals surface area contributed by atoms with Crippen molar-refractivity contribution in [3.05, 3.63) is 59.4 Å². The summed E-state index contributed by atoms with van der Waals surface area (Å²) in [6, 6.07) is 12.3. The van der Waals surface area contributed by atoms with Crippen molar-refractivity contribution in [1.29, 1.82) is 0 Å². The molecule has 2 heterocycles. The minimum atomic E-state index is 0.818. The molecule has 0 unspecified atom stereocenters. The van der Waals surface area contributed by atoms with Crippen LogP contribution in [0.1, 0.15) is 5.56 Å². The topological polar surface area (TPSA) is 19.4 Å². The molecule has 0 saturated carbocycles. The van der Waals surface area contributed by atoms with Gasteiger partial charge in [0.2, 0.25) is 0 Å². The van der Waals surface area contributed by atoms with Gasteiger partial charge in [-0.3, -0.25) is 9.88 Å². The van der Waals surface area contributed by atoms with Crippen molar-refractivity contribution >= 4 is 17.3 Å². The van der Waals surface area contributed by atoms with Crippen LogP contribution in [0.15, 0.2) is 48.8 Å². The molecule has 1 aliphatic heterocycles. The molecular weight excluding hydrogens is 270 g/mol. The van der Waals surface area contributed by atoms with E-state index in [1.807, 2.05) is 24.5 Å². The first kappa shape index (κ1) is 13.4. The lowest BCUT2D eigenvalue weighted by atomic mass is 10.2. The van der Waals surface area contributed by atoms with E-state index >= 15 is 0 Å². The van der Waals surface area contributed by atoms with Gasteiger partial charge in [-0.25, -0.2) is 0 Å². The van der Waals surface area contributed by atoms with Crippen LogP contribution in [0.3, 0.4) is 0 Å². The number of pyridine rings is 1. The maximum absolute atomic E-state index is 6.03. The summed E-state index contributed by atoms with van der Waals surface area (Å²) in [5, 5.41) is 0.818. The largest absolute Gasteiger partial charge is 0.369 e. The summed E-state index contributed by atoms with van der Waals surface area (Å²) < 4.78 is 0. The zero-order valence-corrected chi connectivity index (χ0v) is 12.1. The molecule has 3 rings (SSSR count). The Labute approximate surface area is 124 Å². The van der Waals surface area contributed by atoms with E-state index in [0.29, 0.717) is 0 Å². The Bertz CT molecular complexity index is 551. The van der Waals surface area contributed by atoms with Crippen LogP contribution in [0.4, 0.5) is 5.69 Å². The third-order valence-electron chi connectivity index (χ3n) is 3.70. The van der Waals surface area contributed by atoms with E-state index in [9.17, 15) is 0 Å². The monoisotopic (exact) mass is 287 g/mol. The van der Waals surface area contributed by atoms with Crippen molar-refractivity contribution in [1.82, 2.24) is 9.88 Å². The number of benzene rings is 1. The van der Waals surface area contributed by atoms with Gasteiger partial charge in [0.05, 0.1) is 0 Å². The number of piperazine rings is 1. The highest BCUT2D eigenvalue weighted by Gasteiger charge is 2.17. The highest BCUT2D eigenvalue weighted by Crippen LogP contribution is 2.17. The van der Waals surface area contributed by atoms with Crippen LogP contribution < -0.4 is 4.90 Å². The van der Waals surface area contributed by atoms with Gasteiger partial charge in [-0.15, -0.1) is 0 Å². The summed E-state index contributed by atoms with van der Waals surface area (Å²) >= 11 is 6.03. The zero-order chi connectivity index (χ0) is 13.8. The van der Waals surface area contributed by atoms with E-state index in [2.05, 4.69) is 39.0 Å². The number of halogens is 1. The van der Waals surface area contributed by atoms with Gasteiger partial charge in [0, 0.05) is 55.8 Å². The van der Waals surface area contributed by atoms with Gasteiger partial charge < -0.3 is 4.90 Å². The van der Waals surface area contributed by atoms with E-state index in [-0.39, 0.29) is 0 Å². The standard InChI is InChI=1S/C16H18ClN3/c17-15-3-1-2-14(12-15)13-19-8-10-20(11-9-19)16-4-6-18-7-5-16/h1-7,12H,8-11,13H2. The van der Waals surface area contributed by atoms with Gasteiger partial charge in [-0.2, -0.15) is 0 Å². The van der Waals surface area contributed by atoms with E-state index in [0.717, 1.165) is 37.7 Å². The Kier molecular flexibility index (Phi) is 4.19. The maximum atomic E-state index is 6.03. The number of hydrogen-bond donors (Lipinski definition) is 0. The van der Waals surface area contributed by atoms with Crippen molar-refractivity contribution in [3.8, 4) is 0 Å². The van der Waals surface area contributed by atoms with E-state index in [4.69, 9.17) is 11.6 Å². The first-order valence-electron chi connectivity index (χ1n) is 6.93. The first-order valence-corrected chi connectivity index (χ1v) is 7.31. The van der Waals surface area contributed by atoms with Crippen molar-refractivity contribution in [2.75, 3.05) is 31.1 Å². The molecule has 1 aromatic carbocycles. The molecule has 1 aliphatic rings. The van der Waals surface area contributed by atoms with E-state index in [1.165, 1.54) is 11.3 Å². The van der Waals surface area contributed by atoms with Crippen molar-refractivity contribution < 1.29 is 0 Å². The Morgan fingerprint density at radius 1 is 1.00 bits per heavy atom. The number of hydrogen-bond acceptors (Lipinski definition) is 3. The Balaban J connectivity index is 1.56. The van der Waals surface area contributed by atoms with Crippen LogP contribution in [-0.2, 0) is 6.54 Å². The Hall–Kier alpha value is -1.58. The predicted octanol–water partition coefficient (Wildman–Crippen LogP) is 3.06. The number of nitrogens with zero attached hydrogens (tertiary/aromatic N) is 3. The van der Waals surface area contributed by atoms with Gasteiger partial charge in [-0.1, -0.05) is 23.7 Å². The highest BCUT2D eigenvalue weighted by atomic mass is 35.5. The molecule has 0 N–H and O–H groups in total. The molecule has 0 spiro atoms. The molecule has 2 aromatic rings. The van der Waals surface area contributed by atoms with E-state index < -0.39 is 0 Å². The first-order chi connectivity index (χ1) is 9.81. The molecule has 0 aliphatic carbocycles. The van der Waals surface area contributed by atoms with Crippen LogP contribution in [0.25, 0.3) is 0 Å². The highest BCUT2D eigenvalue weighted by molar-refractivity contribution is 6.30. The van der Waals surface area contributed by atoms with Crippen molar-refractivity contribution in [3.63, 3.8) is 0 Å². The summed E-state index contributed by atoms with van der Waals surface area (Å²) in [6.07, 6.45) is 3.71. The number of anilines is 1. The average molecular weight is 288 g/mol. The molecule has 1 saturated heterocycles. The predicted molar refractivity (Wildman–Crippen MR) is 83.2 cm³/mol. The van der Waals surface area contributed by atoms with Crippen LogP contribution in [0, 0.1) is 0 Å². The lowest BCUT2D eigenvalue weighted by Crippen LogP contribution is -2.45. The fourth-order valence-electron chi connectivity index (χ4n) is 2.61. The molecule has 20 heavy (non-hydrogen) atoms. The fourth-order valence-corrected chi connectivity index (χ4v) is 2.83.